The van der Waals surface area contributed by atoms with Crippen molar-refractivity contribution < 1.29 is 14.7 Å². The Morgan fingerprint density at radius 3 is 2.88 bits per heavy atom. The molecule has 0 fully saturated rings. The number of aliphatic carboxylic acids is 1. The Morgan fingerprint density at radius 2 is 2.25 bits per heavy atom. The minimum Gasteiger partial charge on any atom is -0.480 e. The zero-order valence-electron chi connectivity index (χ0n) is 8.42. The Bertz CT molecular complexity index is 440. The lowest BCUT2D eigenvalue weighted by atomic mass is 10.4. The van der Waals surface area contributed by atoms with E-state index in [-0.39, 0.29) is 13.0 Å². The quantitative estimate of drug-likeness (QED) is 0.657. The van der Waals surface area contributed by atoms with E-state index in [9.17, 15) is 14.4 Å². The Balaban J connectivity index is 2.40. The summed E-state index contributed by atoms with van der Waals surface area (Å²) in [4.78, 5) is 35.9. The van der Waals surface area contributed by atoms with E-state index in [1.807, 2.05) is 0 Å². The van der Waals surface area contributed by atoms with E-state index in [0.717, 1.165) is 0 Å². The van der Waals surface area contributed by atoms with Gasteiger partial charge in [-0.15, -0.1) is 0 Å². The van der Waals surface area contributed by atoms with Crippen LogP contribution in [0.15, 0.2) is 23.3 Å². The molecule has 7 heteroatoms. The largest absolute Gasteiger partial charge is 0.480 e. The normalized spacial score (nSPS) is 9.75. The number of hydrogen-bond acceptors (Lipinski definition) is 4. The molecule has 0 aromatic carbocycles. The van der Waals surface area contributed by atoms with E-state index in [4.69, 9.17) is 5.11 Å². The summed E-state index contributed by atoms with van der Waals surface area (Å²) in [5, 5.41) is 10.5. The van der Waals surface area contributed by atoms with Gasteiger partial charge in [0, 0.05) is 25.4 Å². The highest BCUT2D eigenvalue weighted by Crippen LogP contribution is 1.86. The van der Waals surface area contributed by atoms with Crippen LogP contribution in [0.5, 0.6) is 0 Å². The Kier molecular flexibility index (Phi) is 4.19. The maximum Gasteiger partial charge on any atom is 0.347 e. The van der Waals surface area contributed by atoms with Crippen LogP contribution in [0.3, 0.4) is 0 Å². The zero-order chi connectivity index (χ0) is 12.0. The molecule has 2 N–H and O–H groups in total. The Labute approximate surface area is 90.7 Å². The highest BCUT2D eigenvalue weighted by atomic mass is 16.4. The van der Waals surface area contributed by atoms with Crippen LogP contribution < -0.4 is 11.0 Å². The SMILES string of the molecule is O=C(O)CNC(=O)CCn1cccnc1=O. The van der Waals surface area contributed by atoms with Crippen LogP contribution in [0, 0.1) is 0 Å². The fourth-order valence-corrected chi connectivity index (χ4v) is 1.04. The summed E-state index contributed by atoms with van der Waals surface area (Å²) in [7, 11) is 0. The number of hydrogen-bond donors (Lipinski definition) is 2. The highest BCUT2D eigenvalue weighted by Gasteiger charge is 2.04. The predicted octanol–water partition coefficient (Wildman–Crippen LogP) is -1.17. The number of rotatable bonds is 5. The number of nitrogens with zero attached hydrogens (tertiary/aromatic N) is 2. The van der Waals surface area contributed by atoms with Crippen LogP contribution in [-0.4, -0.2) is 33.1 Å². The maximum atomic E-state index is 11.1. The van der Waals surface area contributed by atoms with Gasteiger partial charge in [-0.2, -0.15) is 0 Å². The fraction of sp³-hybridized carbons (Fsp3) is 0.333. The van der Waals surface area contributed by atoms with E-state index in [2.05, 4.69) is 10.3 Å². The zero-order valence-corrected chi connectivity index (χ0v) is 8.42. The van der Waals surface area contributed by atoms with Crippen LogP contribution in [0.1, 0.15) is 6.42 Å². The summed E-state index contributed by atoms with van der Waals surface area (Å²) in [6.45, 7) is -0.237. The molecule has 1 aromatic rings. The van der Waals surface area contributed by atoms with Crippen molar-refractivity contribution in [1.82, 2.24) is 14.9 Å². The number of aromatic nitrogens is 2. The Morgan fingerprint density at radius 1 is 1.50 bits per heavy atom. The van der Waals surface area contributed by atoms with Gasteiger partial charge in [-0.25, -0.2) is 9.78 Å². The molecule has 1 heterocycles. The minimum atomic E-state index is -1.10. The summed E-state index contributed by atoms with van der Waals surface area (Å²) in [6, 6.07) is 1.58. The number of aryl methyl sites for hydroxylation is 1. The summed E-state index contributed by atoms with van der Waals surface area (Å²) in [6.07, 6.45) is 2.92. The smallest absolute Gasteiger partial charge is 0.347 e. The first-order valence-corrected chi connectivity index (χ1v) is 4.59. The number of carboxylic acids is 1. The first kappa shape index (κ1) is 11.9. The molecule has 0 bridgehead atoms. The topological polar surface area (TPSA) is 101 Å². The van der Waals surface area contributed by atoms with Gasteiger partial charge in [0.05, 0.1) is 0 Å². The molecule has 0 spiro atoms. The van der Waals surface area contributed by atoms with Crippen molar-refractivity contribution >= 4 is 11.9 Å². The van der Waals surface area contributed by atoms with Crippen LogP contribution in [0.25, 0.3) is 0 Å². The second kappa shape index (κ2) is 5.64. The van der Waals surface area contributed by atoms with Crippen molar-refractivity contribution in [2.24, 2.45) is 0 Å². The molecular weight excluding hydrogens is 214 g/mol. The van der Waals surface area contributed by atoms with Gasteiger partial charge in [0.25, 0.3) is 0 Å². The van der Waals surface area contributed by atoms with E-state index >= 15 is 0 Å². The van der Waals surface area contributed by atoms with Gasteiger partial charge in [0.1, 0.15) is 6.54 Å². The van der Waals surface area contributed by atoms with Crippen molar-refractivity contribution in [3.63, 3.8) is 0 Å². The van der Waals surface area contributed by atoms with E-state index in [1.165, 1.54) is 17.0 Å². The molecule has 0 aliphatic carbocycles. The predicted molar refractivity (Wildman–Crippen MR) is 53.8 cm³/mol. The minimum absolute atomic E-state index is 0.0406. The third-order valence-electron chi connectivity index (χ3n) is 1.80. The molecule has 0 saturated heterocycles. The number of amides is 1. The van der Waals surface area contributed by atoms with Crippen molar-refractivity contribution in [3.05, 3.63) is 28.9 Å². The van der Waals surface area contributed by atoms with Crippen molar-refractivity contribution in [2.75, 3.05) is 6.54 Å². The Hall–Kier alpha value is -2.18. The molecule has 16 heavy (non-hydrogen) atoms. The summed E-state index contributed by atoms with van der Waals surface area (Å²) in [5.41, 5.74) is -0.437. The molecular formula is C9H11N3O4. The van der Waals surface area contributed by atoms with Gasteiger partial charge in [-0.05, 0) is 6.07 Å². The monoisotopic (exact) mass is 225 g/mol. The molecule has 0 atom stereocenters. The lowest BCUT2D eigenvalue weighted by Gasteiger charge is -2.04. The third kappa shape index (κ3) is 3.91. The standard InChI is InChI=1S/C9H11N3O4/c13-7(11-6-8(14)15)2-5-12-4-1-3-10-9(12)16/h1,3-4H,2,5-6H2,(H,11,13)(H,14,15). The van der Waals surface area contributed by atoms with E-state index in [1.54, 1.807) is 6.07 Å². The first-order valence-electron chi connectivity index (χ1n) is 4.59. The molecule has 0 aliphatic heterocycles. The van der Waals surface area contributed by atoms with Gasteiger partial charge in [0.2, 0.25) is 5.91 Å². The lowest BCUT2D eigenvalue weighted by molar-refractivity contribution is -0.137. The molecule has 7 nitrogen and oxygen atoms in total. The number of carbonyl (C=O) groups excluding carboxylic acids is 1. The van der Waals surface area contributed by atoms with Gasteiger partial charge in [0.15, 0.2) is 0 Å². The van der Waals surface area contributed by atoms with Gasteiger partial charge in [-0.1, -0.05) is 0 Å². The van der Waals surface area contributed by atoms with Gasteiger partial charge in [-0.3, -0.25) is 14.2 Å². The van der Waals surface area contributed by atoms with Crippen LogP contribution in [0.2, 0.25) is 0 Å². The number of carbonyl (C=O) groups is 2. The second-order valence-electron chi connectivity index (χ2n) is 3.02. The fourth-order valence-electron chi connectivity index (χ4n) is 1.04. The lowest BCUT2D eigenvalue weighted by Crippen LogP contribution is -2.31. The van der Waals surface area contributed by atoms with Crippen molar-refractivity contribution in [2.45, 2.75) is 13.0 Å². The molecule has 0 radical (unpaired) electrons. The molecule has 86 valence electrons. The maximum absolute atomic E-state index is 11.1. The van der Waals surface area contributed by atoms with Crippen LogP contribution in [0.4, 0.5) is 0 Å². The molecule has 0 saturated carbocycles. The van der Waals surface area contributed by atoms with E-state index in [0.29, 0.717) is 0 Å². The molecule has 1 rings (SSSR count). The molecule has 1 aromatic heterocycles. The third-order valence-corrected chi connectivity index (χ3v) is 1.80. The summed E-state index contributed by atoms with van der Waals surface area (Å²) < 4.78 is 1.28. The summed E-state index contributed by atoms with van der Waals surface area (Å²) in [5.74, 6) is -1.52. The van der Waals surface area contributed by atoms with Crippen LogP contribution >= 0.6 is 0 Å². The highest BCUT2D eigenvalue weighted by molar-refractivity contribution is 5.80. The van der Waals surface area contributed by atoms with Crippen molar-refractivity contribution in [1.29, 1.82) is 0 Å². The van der Waals surface area contributed by atoms with E-state index < -0.39 is 24.1 Å². The molecule has 0 unspecified atom stereocenters. The van der Waals surface area contributed by atoms with Gasteiger partial charge < -0.3 is 10.4 Å². The number of carboxylic acid groups (broad SMARTS) is 1. The summed E-state index contributed by atoms with van der Waals surface area (Å²) >= 11 is 0. The number of nitrogens with one attached hydrogen (secondary N) is 1. The second-order valence-corrected chi connectivity index (χ2v) is 3.02. The average molecular weight is 225 g/mol. The molecule has 0 aliphatic rings. The van der Waals surface area contributed by atoms with Crippen molar-refractivity contribution in [3.8, 4) is 0 Å². The van der Waals surface area contributed by atoms with Crippen LogP contribution in [-0.2, 0) is 16.1 Å². The van der Waals surface area contributed by atoms with Gasteiger partial charge >= 0.3 is 11.7 Å². The average Bonchev–Trinajstić information content (AvgIpc) is 2.25. The molecule has 1 amide bonds. The first-order chi connectivity index (χ1) is 7.59.